The van der Waals surface area contributed by atoms with Gasteiger partial charge in [0, 0.05) is 31.3 Å². The molecule has 1 aliphatic rings. The first-order chi connectivity index (χ1) is 8.79. The Hall–Kier alpha value is -0.870. The lowest BCUT2D eigenvalue weighted by atomic mass is 9.90. The minimum absolute atomic E-state index is 0.431. The van der Waals surface area contributed by atoms with Crippen molar-refractivity contribution in [3.63, 3.8) is 0 Å². The highest BCUT2D eigenvalue weighted by Crippen LogP contribution is 2.34. The van der Waals surface area contributed by atoms with Crippen LogP contribution in [-0.2, 0) is 9.84 Å². The van der Waals surface area contributed by atoms with Crippen molar-refractivity contribution in [3.8, 4) is 0 Å². The van der Waals surface area contributed by atoms with Gasteiger partial charge in [0.1, 0.15) is 0 Å². The number of nitrogens with zero attached hydrogens (tertiary/aromatic N) is 1. The zero-order valence-electron chi connectivity index (χ0n) is 12.1. The molecule has 1 heterocycles. The molecule has 106 valence electrons. The zero-order chi connectivity index (χ0) is 14.2. The minimum Gasteiger partial charge on any atom is -0.300 e. The quantitative estimate of drug-likeness (QED) is 0.854. The molecule has 0 aromatic heterocycles. The van der Waals surface area contributed by atoms with Crippen molar-refractivity contribution in [1.29, 1.82) is 0 Å². The summed E-state index contributed by atoms with van der Waals surface area (Å²) in [6, 6.07) is 7.99. The van der Waals surface area contributed by atoms with Crippen molar-refractivity contribution >= 4 is 9.84 Å². The Bertz CT molecular complexity index is 551. The van der Waals surface area contributed by atoms with Crippen LogP contribution >= 0.6 is 0 Å². The number of likely N-dealkylation sites (tertiary alicyclic amines) is 1. The highest BCUT2D eigenvalue weighted by molar-refractivity contribution is 7.90. The normalized spacial score (nSPS) is 25.1. The molecule has 1 saturated heterocycles. The fourth-order valence-electron chi connectivity index (χ4n) is 2.84. The second kappa shape index (κ2) is 5.25. The molecule has 19 heavy (non-hydrogen) atoms. The van der Waals surface area contributed by atoms with Crippen LogP contribution in [0.15, 0.2) is 29.2 Å². The molecule has 2 atom stereocenters. The summed E-state index contributed by atoms with van der Waals surface area (Å²) in [5.41, 5.74) is 1.15. The molecule has 4 heteroatoms. The maximum Gasteiger partial charge on any atom is 0.175 e. The average Bonchev–Trinajstić information content (AvgIpc) is 2.71. The molecule has 0 amide bonds. The molecular weight excluding hydrogens is 258 g/mol. The molecule has 0 aliphatic carbocycles. The third-order valence-electron chi connectivity index (χ3n) is 4.09. The van der Waals surface area contributed by atoms with Gasteiger partial charge in [-0.2, -0.15) is 0 Å². The van der Waals surface area contributed by atoms with E-state index in [2.05, 4.69) is 31.7 Å². The molecular formula is C15H23NO2S. The second-order valence-corrected chi connectivity index (χ2v) is 7.99. The molecule has 0 radical (unpaired) electrons. The predicted octanol–water partition coefficient (Wildman–Crippen LogP) is 2.53. The summed E-state index contributed by atoms with van der Waals surface area (Å²) in [4.78, 5) is 2.89. The van der Waals surface area contributed by atoms with Gasteiger partial charge < -0.3 is 4.90 Å². The van der Waals surface area contributed by atoms with Crippen molar-refractivity contribution in [3.05, 3.63) is 29.8 Å². The zero-order valence-corrected chi connectivity index (χ0v) is 12.9. The summed E-state index contributed by atoms with van der Waals surface area (Å²) < 4.78 is 23.3. The smallest absolute Gasteiger partial charge is 0.175 e. The van der Waals surface area contributed by atoms with Crippen LogP contribution < -0.4 is 0 Å². The highest BCUT2D eigenvalue weighted by Gasteiger charge is 2.32. The van der Waals surface area contributed by atoms with E-state index in [1.165, 1.54) is 6.26 Å². The third-order valence-corrected chi connectivity index (χ3v) is 5.20. The Morgan fingerprint density at radius 1 is 1.26 bits per heavy atom. The summed E-state index contributed by atoms with van der Waals surface area (Å²) in [5, 5.41) is 0. The molecule has 1 fully saturated rings. The maximum absolute atomic E-state index is 11.6. The fraction of sp³-hybridized carbons (Fsp3) is 0.600. The van der Waals surface area contributed by atoms with Crippen LogP contribution in [0.4, 0.5) is 0 Å². The number of rotatable bonds is 3. The van der Waals surface area contributed by atoms with E-state index in [0.717, 1.165) is 18.7 Å². The van der Waals surface area contributed by atoms with Gasteiger partial charge in [-0.1, -0.05) is 19.1 Å². The highest BCUT2D eigenvalue weighted by atomic mass is 32.2. The van der Waals surface area contributed by atoms with Crippen LogP contribution in [0, 0.1) is 5.92 Å². The molecule has 1 aliphatic heterocycles. The van der Waals surface area contributed by atoms with Gasteiger partial charge in [0.25, 0.3) is 0 Å². The second-order valence-electron chi connectivity index (χ2n) is 5.98. The fourth-order valence-corrected chi connectivity index (χ4v) is 3.51. The lowest BCUT2D eigenvalue weighted by Gasteiger charge is -2.20. The van der Waals surface area contributed by atoms with E-state index in [0.29, 0.717) is 22.8 Å². The first-order valence-corrected chi connectivity index (χ1v) is 8.72. The molecule has 1 aromatic rings. The number of hydrogen-bond acceptors (Lipinski definition) is 3. The van der Waals surface area contributed by atoms with E-state index < -0.39 is 9.84 Å². The van der Waals surface area contributed by atoms with E-state index >= 15 is 0 Å². The van der Waals surface area contributed by atoms with Crippen molar-refractivity contribution in [2.75, 3.05) is 19.3 Å². The lowest BCUT2D eigenvalue weighted by Crippen LogP contribution is -2.28. The summed E-state index contributed by atoms with van der Waals surface area (Å²) in [6.07, 6.45) is 1.27. The molecule has 0 bridgehead atoms. The summed E-state index contributed by atoms with van der Waals surface area (Å²) in [5.74, 6) is 1.00. The number of hydrogen-bond donors (Lipinski definition) is 0. The van der Waals surface area contributed by atoms with Crippen LogP contribution in [-0.4, -0.2) is 38.7 Å². The van der Waals surface area contributed by atoms with Crippen molar-refractivity contribution in [2.45, 2.75) is 37.6 Å². The lowest BCUT2D eigenvalue weighted by molar-refractivity contribution is 0.266. The molecule has 0 N–H and O–H groups in total. The van der Waals surface area contributed by atoms with Gasteiger partial charge in [0.15, 0.2) is 9.84 Å². The van der Waals surface area contributed by atoms with Gasteiger partial charge in [-0.3, -0.25) is 0 Å². The molecule has 2 rings (SSSR count). The van der Waals surface area contributed by atoms with Crippen molar-refractivity contribution in [1.82, 2.24) is 4.90 Å². The summed E-state index contributed by atoms with van der Waals surface area (Å²) in [7, 11) is -3.12. The minimum atomic E-state index is -3.12. The number of sulfone groups is 1. The van der Waals surface area contributed by atoms with E-state index in [1.54, 1.807) is 6.07 Å². The molecule has 1 aromatic carbocycles. The topological polar surface area (TPSA) is 37.4 Å². The standard InChI is InChI=1S/C15H23NO2S/c1-11(2)16-9-12(3)15(10-16)13-6-5-7-14(8-13)19(4,17)18/h5-8,11-12,15H,9-10H2,1-4H3. The Kier molecular flexibility index (Phi) is 4.02. The van der Waals surface area contributed by atoms with Crippen LogP contribution in [0.5, 0.6) is 0 Å². The third kappa shape index (κ3) is 3.18. The monoisotopic (exact) mass is 281 g/mol. The van der Waals surface area contributed by atoms with E-state index in [9.17, 15) is 8.42 Å². The van der Waals surface area contributed by atoms with Gasteiger partial charge in [-0.25, -0.2) is 8.42 Å². The van der Waals surface area contributed by atoms with Crippen molar-refractivity contribution < 1.29 is 8.42 Å². The maximum atomic E-state index is 11.6. The van der Waals surface area contributed by atoms with Crippen LogP contribution in [0.3, 0.4) is 0 Å². The first kappa shape index (κ1) is 14.5. The molecule has 0 spiro atoms. The van der Waals surface area contributed by atoms with E-state index in [4.69, 9.17) is 0 Å². The first-order valence-electron chi connectivity index (χ1n) is 6.83. The van der Waals surface area contributed by atoms with Crippen LogP contribution in [0.25, 0.3) is 0 Å². The molecule has 0 saturated carbocycles. The van der Waals surface area contributed by atoms with Crippen LogP contribution in [0.1, 0.15) is 32.3 Å². The molecule has 3 nitrogen and oxygen atoms in total. The van der Waals surface area contributed by atoms with Gasteiger partial charge in [0.05, 0.1) is 4.90 Å². The SMILES string of the molecule is CC1CN(C(C)C)CC1c1cccc(S(C)(=O)=O)c1. The Balaban J connectivity index is 2.28. The van der Waals surface area contributed by atoms with Gasteiger partial charge >= 0.3 is 0 Å². The van der Waals surface area contributed by atoms with Gasteiger partial charge in [-0.05, 0) is 37.5 Å². The Morgan fingerprint density at radius 2 is 1.95 bits per heavy atom. The van der Waals surface area contributed by atoms with E-state index in [-0.39, 0.29) is 0 Å². The van der Waals surface area contributed by atoms with Gasteiger partial charge in [0.2, 0.25) is 0 Å². The summed E-state index contributed by atoms with van der Waals surface area (Å²) in [6.45, 7) is 8.78. The summed E-state index contributed by atoms with van der Waals surface area (Å²) >= 11 is 0. The predicted molar refractivity (Wildman–Crippen MR) is 78.2 cm³/mol. The van der Waals surface area contributed by atoms with Crippen LogP contribution in [0.2, 0.25) is 0 Å². The average molecular weight is 281 g/mol. The van der Waals surface area contributed by atoms with Crippen molar-refractivity contribution in [2.24, 2.45) is 5.92 Å². The number of benzene rings is 1. The molecule has 2 unspecified atom stereocenters. The largest absolute Gasteiger partial charge is 0.300 e. The Morgan fingerprint density at radius 3 is 2.47 bits per heavy atom. The van der Waals surface area contributed by atoms with Gasteiger partial charge in [-0.15, -0.1) is 0 Å². The Labute approximate surface area is 116 Å². The van der Waals surface area contributed by atoms with E-state index in [1.807, 2.05) is 12.1 Å².